The van der Waals surface area contributed by atoms with Crippen LogP contribution in [0.15, 0.2) is 16.8 Å². The minimum Gasteiger partial charge on any atom is -0.464 e. The number of carbonyl (C=O) groups is 1. The van der Waals surface area contributed by atoms with E-state index >= 15 is 0 Å². The van der Waals surface area contributed by atoms with Crippen LogP contribution < -0.4 is 0 Å². The molecule has 2 fully saturated rings. The van der Waals surface area contributed by atoms with Crippen molar-refractivity contribution < 1.29 is 9.53 Å². The standard InChI is InChI=1S/C20H31NO2S.ClH/c22-20(23-14-13-21-11-6-1-2-7-12-21)19(18-10-15-24-16-18)17-8-4-3-5-9-17;/h10,15-17,19H,1-9,11-14H2;1H. The van der Waals surface area contributed by atoms with Crippen LogP contribution in [0.2, 0.25) is 0 Å². The van der Waals surface area contributed by atoms with Crippen LogP contribution in [0, 0.1) is 5.92 Å². The first-order valence-corrected chi connectivity index (χ1v) is 10.7. The van der Waals surface area contributed by atoms with E-state index in [0.717, 1.165) is 19.6 Å². The number of thiophene rings is 1. The number of likely N-dealkylation sites (tertiary alicyclic amines) is 1. The predicted molar refractivity (Wildman–Crippen MR) is 107 cm³/mol. The first kappa shape index (κ1) is 20.7. The maximum Gasteiger partial charge on any atom is 0.313 e. The summed E-state index contributed by atoms with van der Waals surface area (Å²) < 4.78 is 5.75. The number of esters is 1. The van der Waals surface area contributed by atoms with E-state index in [-0.39, 0.29) is 24.3 Å². The van der Waals surface area contributed by atoms with Crippen LogP contribution in [-0.4, -0.2) is 37.1 Å². The molecule has 3 rings (SSSR count). The Morgan fingerprint density at radius 1 is 1.12 bits per heavy atom. The van der Waals surface area contributed by atoms with Crippen molar-refractivity contribution in [1.29, 1.82) is 0 Å². The summed E-state index contributed by atoms with van der Waals surface area (Å²) in [5, 5.41) is 4.21. The molecular formula is C20H32ClNO2S. The molecule has 1 saturated carbocycles. The van der Waals surface area contributed by atoms with Gasteiger partial charge in [-0.25, -0.2) is 0 Å². The summed E-state index contributed by atoms with van der Waals surface area (Å²) in [5.74, 6) is 0.440. The van der Waals surface area contributed by atoms with Crippen molar-refractivity contribution in [3.8, 4) is 0 Å². The normalized spacial score (nSPS) is 21.1. The second-order valence-electron chi connectivity index (χ2n) is 7.36. The second kappa shape index (κ2) is 11.2. The van der Waals surface area contributed by atoms with E-state index in [1.165, 1.54) is 63.4 Å². The molecular weight excluding hydrogens is 354 g/mol. The number of hydrogen-bond acceptors (Lipinski definition) is 4. The van der Waals surface area contributed by atoms with Crippen molar-refractivity contribution in [3.63, 3.8) is 0 Å². The van der Waals surface area contributed by atoms with Gasteiger partial charge >= 0.3 is 5.97 Å². The van der Waals surface area contributed by atoms with Crippen LogP contribution in [0.4, 0.5) is 0 Å². The van der Waals surface area contributed by atoms with Gasteiger partial charge in [-0.05, 0) is 67.1 Å². The van der Waals surface area contributed by atoms with Crippen LogP contribution in [0.25, 0.3) is 0 Å². The molecule has 25 heavy (non-hydrogen) atoms. The first-order chi connectivity index (χ1) is 11.8. The van der Waals surface area contributed by atoms with Gasteiger partial charge in [-0.2, -0.15) is 11.3 Å². The highest BCUT2D eigenvalue weighted by molar-refractivity contribution is 7.08. The molecule has 2 heterocycles. The van der Waals surface area contributed by atoms with Gasteiger partial charge in [0.2, 0.25) is 0 Å². The van der Waals surface area contributed by atoms with Gasteiger partial charge in [0, 0.05) is 6.54 Å². The Labute approximate surface area is 162 Å². The maximum absolute atomic E-state index is 12.8. The Morgan fingerprint density at radius 2 is 1.80 bits per heavy atom. The lowest BCUT2D eigenvalue weighted by Gasteiger charge is -2.29. The summed E-state index contributed by atoms with van der Waals surface area (Å²) in [6.07, 6.45) is 11.4. The summed E-state index contributed by atoms with van der Waals surface area (Å²) in [7, 11) is 0. The van der Waals surface area contributed by atoms with Crippen LogP contribution in [0.1, 0.15) is 69.3 Å². The van der Waals surface area contributed by atoms with E-state index in [4.69, 9.17) is 4.74 Å². The third-order valence-electron chi connectivity index (χ3n) is 5.63. The summed E-state index contributed by atoms with van der Waals surface area (Å²) in [4.78, 5) is 15.3. The summed E-state index contributed by atoms with van der Waals surface area (Å²) in [6.45, 7) is 3.77. The van der Waals surface area contributed by atoms with Gasteiger partial charge in [0.25, 0.3) is 0 Å². The minimum atomic E-state index is -0.0410. The molecule has 0 amide bonds. The van der Waals surface area contributed by atoms with Crippen molar-refractivity contribution in [2.45, 2.75) is 63.7 Å². The van der Waals surface area contributed by atoms with Crippen LogP contribution in [0.3, 0.4) is 0 Å². The molecule has 1 saturated heterocycles. The molecule has 142 valence electrons. The fourth-order valence-electron chi connectivity index (χ4n) is 4.25. The quantitative estimate of drug-likeness (QED) is 0.626. The highest BCUT2D eigenvalue weighted by atomic mass is 35.5. The fourth-order valence-corrected chi connectivity index (χ4v) is 4.94. The second-order valence-corrected chi connectivity index (χ2v) is 8.14. The van der Waals surface area contributed by atoms with Gasteiger partial charge in [-0.1, -0.05) is 32.1 Å². The van der Waals surface area contributed by atoms with Gasteiger partial charge in [-0.3, -0.25) is 9.69 Å². The number of halogens is 1. The Bertz CT molecular complexity index is 480. The van der Waals surface area contributed by atoms with Crippen LogP contribution in [-0.2, 0) is 9.53 Å². The van der Waals surface area contributed by atoms with E-state index in [1.54, 1.807) is 11.3 Å². The topological polar surface area (TPSA) is 29.5 Å². The smallest absolute Gasteiger partial charge is 0.313 e. The van der Waals surface area contributed by atoms with Gasteiger partial charge in [-0.15, -0.1) is 12.4 Å². The molecule has 0 aromatic carbocycles. The Hall–Kier alpha value is -0.580. The number of carbonyl (C=O) groups excluding carboxylic acids is 1. The minimum absolute atomic E-state index is 0. The zero-order chi connectivity index (χ0) is 16.6. The monoisotopic (exact) mass is 385 g/mol. The number of nitrogens with zero attached hydrogens (tertiary/aromatic N) is 1. The molecule has 1 aliphatic carbocycles. The lowest BCUT2D eigenvalue weighted by Crippen LogP contribution is -2.31. The lowest BCUT2D eigenvalue weighted by atomic mass is 9.77. The SMILES string of the molecule is Cl.O=C(OCCN1CCCCCC1)C(c1ccsc1)C1CCCCC1. The van der Waals surface area contributed by atoms with Crippen molar-refractivity contribution >= 4 is 29.7 Å². The van der Waals surface area contributed by atoms with Crippen molar-refractivity contribution in [2.24, 2.45) is 5.92 Å². The predicted octanol–water partition coefficient (Wildman–Crippen LogP) is 5.25. The van der Waals surface area contributed by atoms with E-state index in [9.17, 15) is 4.79 Å². The first-order valence-electron chi connectivity index (χ1n) is 9.75. The third kappa shape index (κ3) is 6.26. The van der Waals surface area contributed by atoms with Gasteiger partial charge < -0.3 is 4.74 Å². The fraction of sp³-hybridized carbons (Fsp3) is 0.750. The molecule has 0 radical (unpaired) electrons. The van der Waals surface area contributed by atoms with E-state index in [0.29, 0.717) is 12.5 Å². The van der Waals surface area contributed by atoms with Gasteiger partial charge in [0.15, 0.2) is 0 Å². The molecule has 1 atom stereocenters. The molecule has 1 unspecified atom stereocenters. The molecule has 0 bridgehead atoms. The van der Waals surface area contributed by atoms with E-state index < -0.39 is 0 Å². The van der Waals surface area contributed by atoms with Crippen molar-refractivity contribution in [2.75, 3.05) is 26.2 Å². The number of ether oxygens (including phenoxy) is 1. The Morgan fingerprint density at radius 3 is 2.44 bits per heavy atom. The Kier molecular flexibility index (Phi) is 9.29. The molecule has 2 aliphatic rings. The number of rotatable bonds is 6. The average molecular weight is 386 g/mol. The molecule has 0 spiro atoms. The highest BCUT2D eigenvalue weighted by Gasteiger charge is 2.32. The molecule has 1 aromatic heterocycles. The van der Waals surface area contributed by atoms with Crippen molar-refractivity contribution in [1.82, 2.24) is 4.90 Å². The highest BCUT2D eigenvalue weighted by Crippen LogP contribution is 2.37. The van der Waals surface area contributed by atoms with Crippen molar-refractivity contribution in [3.05, 3.63) is 22.4 Å². The largest absolute Gasteiger partial charge is 0.464 e. The van der Waals surface area contributed by atoms with E-state index in [1.807, 2.05) is 0 Å². The van der Waals surface area contributed by atoms with E-state index in [2.05, 4.69) is 21.7 Å². The van der Waals surface area contributed by atoms with Gasteiger partial charge in [0.05, 0.1) is 5.92 Å². The average Bonchev–Trinajstić information content (AvgIpc) is 3.00. The Balaban J connectivity index is 0.00000225. The zero-order valence-corrected chi connectivity index (χ0v) is 16.8. The molecule has 1 aromatic rings. The molecule has 3 nitrogen and oxygen atoms in total. The molecule has 5 heteroatoms. The lowest BCUT2D eigenvalue weighted by molar-refractivity contribution is -0.147. The molecule has 1 aliphatic heterocycles. The van der Waals surface area contributed by atoms with Crippen LogP contribution in [0.5, 0.6) is 0 Å². The third-order valence-corrected chi connectivity index (χ3v) is 6.33. The number of hydrogen-bond donors (Lipinski definition) is 0. The van der Waals surface area contributed by atoms with Gasteiger partial charge in [0.1, 0.15) is 6.61 Å². The molecule has 0 N–H and O–H groups in total. The van der Waals surface area contributed by atoms with Crippen LogP contribution >= 0.6 is 23.7 Å². The maximum atomic E-state index is 12.8. The summed E-state index contributed by atoms with van der Waals surface area (Å²) in [5.41, 5.74) is 1.17. The zero-order valence-electron chi connectivity index (χ0n) is 15.2. The summed E-state index contributed by atoms with van der Waals surface area (Å²) in [6, 6.07) is 2.11. The summed E-state index contributed by atoms with van der Waals surface area (Å²) >= 11 is 1.68.